The first-order valence-corrected chi connectivity index (χ1v) is 10.2. The van der Waals surface area contributed by atoms with E-state index in [0.29, 0.717) is 12.2 Å². The summed E-state index contributed by atoms with van der Waals surface area (Å²) in [6.07, 6.45) is 4.15. The lowest BCUT2D eigenvalue weighted by Crippen LogP contribution is -2.36. The van der Waals surface area contributed by atoms with Crippen molar-refractivity contribution in [2.24, 2.45) is 5.73 Å². The van der Waals surface area contributed by atoms with Gasteiger partial charge in [-0.1, -0.05) is 24.3 Å². The van der Waals surface area contributed by atoms with E-state index < -0.39 is 0 Å². The molecule has 1 aliphatic heterocycles. The third-order valence-corrected chi connectivity index (χ3v) is 5.84. The molecule has 7 heteroatoms. The van der Waals surface area contributed by atoms with Crippen LogP contribution in [0.4, 0.5) is 0 Å². The van der Waals surface area contributed by atoms with Gasteiger partial charge in [0.15, 0.2) is 5.65 Å². The van der Waals surface area contributed by atoms with Crippen LogP contribution in [0.3, 0.4) is 0 Å². The Bertz CT molecular complexity index is 1270. The highest BCUT2D eigenvalue weighted by Crippen LogP contribution is 2.26. The second-order valence-corrected chi connectivity index (χ2v) is 7.90. The Morgan fingerprint density at radius 2 is 1.87 bits per heavy atom. The molecule has 152 valence electrons. The molecular weight excluding hydrogens is 374 g/mol. The SMILES string of the molecule is Cc1nnc2ccc3c(cc(C(N)=CC=N)n3Cc3cccc(CN4CCC4)c3)n12. The molecule has 0 unspecified atom stereocenters. The van der Waals surface area contributed by atoms with E-state index >= 15 is 0 Å². The van der Waals surface area contributed by atoms with Crippen molar-refractivity contribution >= 4 is 28.6 Å². The molecule has 3 N–H and O–H groups in total. The number of nitrogens with zero attached hydrogens (tertiary/aromatic N) is 5. The fraction of sp³-hybridized carbons (Fsp3) is 0.261. The van der Waals surface area contributed by atoms with Gasteiger partial charge in [-0.25, -0.2) is 0 Å². The zero-order valence-corrected chi connectivity index (χ0v) is 17.0. The number of rotatable bonds is 6. The summed E-state index contributed by atoms with van der Waals surface area (Å²) >= 11 is 0. The first kappa shape index (κ1) is 18.6. The van der Waals surface area contributed by atoms with Gasteiger partial charge in [-0.2, -0.15) is 0 Å². The second-order valence-electron chi connectivity index (χ2n) is 7.90. The number of allylic oxidation sites excluding steroid dienone is 1. The highest BCUT2D eigenvalue weighted by atomic mass is 15.2. The maximum absolute atomic E-state index is 7.45. The summed E-state index contributed by atoms with van der Waals surface area (Å²) in [5, 5.41) is 15.9. The average molecular weight is 400 g/mol. The van der Waals surface area contributed by atoms with Crippen molar-refractivity contribution in [3.05, 3.63) is 71.2 Å². The van der Waals surface area contributed by atoms with E-state index in [1.54, 1.807) is 6.08 Å². The molecule has 0 saturated carbocycles. The molecule has 30 heavy (non-hydrogen) atoms. The summed E-state index contributed by atoms with van der Waals surface area (Å²) in [5.41, 5.74) is 13.3. The zero-order chi connectivity index (χ0) is 20.7. The standard InChI is InChI=1S/C23H25N7/c1-16-26-27-23-7-6-20-22(30(16)23)13-21(19(25)8-9-24)29(20)15-18-5-2-4-17(12-18)14-28-10-3-11-28/h2,4-9,12-13,24H,3,10-11,14-15,25H2,1H3. The molecule has 0 spiro atoms. The Morgan fingerprint density at radius 3 is 2.60 bits per heavy atom. The van der Waals surface area contributed by atoms with Crippen LogP contribution in [-0.2, 0) is 13.1 Å². The molecule has 7 nitrogen and oxygen atoms in total. The normalized spacial score (nSPS) is 15.0. The van der Waals surface area contributed by atoms with Gasteiger partial charge in [0.05, 0.1) is 22.4 Å². The Morgan fingerprint density at radius 1 is 1.07 bits per heavy atom. The van der Waals surface area contributed by atoms with E-state index in [4.69, 9.17) is 11.1 Å². The summed E-state index contributed by atoms with van der Waals surface area (Å²) in [7, 11) is 0. The number of benzene rings is 1. The minimum absolute atomic E-state index is 0.566. The lowest BCUT2D eigenvalue weighted by atomic mass is 10.1. The lowest BCUT2D eigenvalue weighted by molar-refractivity contribution is 0.172. The summed E-state index contributed by atoms with van der Waals surface area (Å²) in [4.78, 5) is 2.46. The zero-order valence-electron chi connectivity index (χ0n) is 17.0. The van der Waals surface area contributed by atoms with Crippen LogP contribution >= 0.6 is 0 Å². The largest absolute Gasteiger partial charge is 0.397 e. The molecule has 0 atom stereocenters. The van der Waals surface area contributed by atoms with Gasteiger partial charge in [0.25, 0.3) is 0 Å². The van der Waals surface area contributed by atoms with Crippen LogP contribution in [0.5, 0.6) is 0 Å². The number of hydrogen-bond acceptors (Lipinski definition) is 5. The van der Waals surface area contributed by atoms with Gasteiger partial charge < -0.3 is 15.7 Å². The Balaban J connectivity index is 1.62. The van der Waals surface area contributed by atoms with Gasteiger partial charge in [0, 0.05) is 19.3 Å². The molecule has 1 aromatic carbocycles. The van der Waals surface area contributed by atoms with Crippen LogP contribution in [-0.4, -0.2) is 43.4 Å². The highest BCUT2D eigenvalue weighted by Gasteiger charge is 2.17. The minimum atomic E-state index is 0.566. The predicted molar refractivity (Wildman–Crippen MR) is 120 cm³/mol. The van der Waals surface area contributed by atoms with Gasteiger partial charge in [0.1, 0.15) is 5.82 Å². The summed E-state index contributed by atoms with van der Waals surface area (Å²) in [6.45, 7) is 6.04. The van der Waals surface area contributed by atoms with Crippen molar-refractivity contribution in [1.82, 2.24) is 24.1 Å². The topological polar surface area (TPSA) is 88.2 Å². The molecule has 1 aliphatic rings. The Hall–Kier alpha value is -3.45. The third-order valence-electron chi connectivity index (χ3n) is 5.84. The number of nitrogens with two attached hydrogens (primary N) is 1. The van der Waals surface area contributed by atoms with E-state index in [9.17, 15) is 0 Å². The van der Waals surface area contributed by atoms with Gasteiger partial charge in [-0.3, -0.25) is 9.30 Å². The van der Waals surface area contributed by atoms with Crippen LogP contribution in [0, 0.1) is 12.3 Å². The van der Waals surface area contributed by atoms with Crippen LogP contribution < -0.4 is 5.73 Å². The smallest absolute Gasteiger partial charge is 0.161 e. The molecule has 4 aromatic rings. The van der Waals surface area contributed by atoms with Crippen molar-refractivity contribution < 1.29 is 0 Å². The highest BCUT2D eigenvalue weighted by molar-refractivity contribution is 5.88. The van der Waals surface area contributed by atoms with E-state index in [1.165, 1.54) is 36.9 Å². The number of likely N-dealkylation sites (tertiary alicyclic amines) is 1. The molecule has 1 fully saturated rings. The Labute approximate surface area is 174 Å². The molecule has 0 amide bonds. The maximum atomic E-state index is 7.45. The van der Waals surface area contributed by atoms with E-state index in [2.05, 4.69) is 56.1 Å². The van der Waals surface area contributed by atoms with Crippen molar-refractivity contribution in [3.8, 4) is 0 Å². The first-order valence-electron chi connectivity index (χ1n) is 10.2. The first-order chi connectivity index (χ1) is 14.6. The number of fused-ring (bicyclic) bond motifs is 3. The number of pyridine rings is 1. The number of aryl methyl sites for hydroxylation is 1. The van der Waals surface area contributed by atoms with E-state index in [-0.39, 0.29) is 0 Å². The molecule has 0 aliphatic carbocycles. The number of hydrogen-bond donors (Lipinski definition) is 2. The molecule has 5 rings (SSSR count). The summed E-state index contributed by atoms with van der Waals surface area (Å²) in [6, 6.07) is 14.9. The minimum Gasteiger partial charge on any atom is -0.397 e. The molecule has 4 heterocycles. The predicted octanol–water partition coefficient (Wildman–Crippen LogP) is 3.20. The average Bonchev–Trinajstić information content (AvgIpc) is 3.26. The van der Waals surface area contributed by atoms with Crippen LogP contribution in [0.2, 0.25) is 0 Å². The summed E-state index contributed by atoms with van der Waals surface area (Å²) in [5.74, 6) is 0.838. The summed E-state index contributed by atoms with van der Waals surface area (Å²) < 4.78 is 4.26. The molecule has 1 saturated heterocycles. The number of nitrogens with one attached hydrogen (secondary N) is 1. The number of aromatic nitrogens is 4. The third kappa shape index (κ3) is 3.17. The molecule has 0 bridgehead atoms. The van der Waals surface area contributed by atoms with Crippen molar-refractivity contribution in [2.45, 2.75) is 26.4 Å². The van der Waals surface area contributed by atoms with Gasteiger partial charge in [-0.05, 0) is 61.8 Å². The van der Waals surface area contributed by atoms with Gasteiger partial charge in [-0.15, -0.1) is 10.2 Å². The maximum Gasteiger partial charge on any atom is 0.161 e. The molecule has 0 radical (unpaired) electrons. The van der Waals surface area contributed by atoms with Crippen LogP contribution in [0.15, 0.2) is 48.5 Å². The van der Waals surface area contributed by atoms with Crippen LogP contribution in [0.25, 0.3) is 22.4 Å². The van der Waals surface area contributed by atoms with Crippen molar-refractivity contribution in [3.63, 3.8) is 0 Å². The monoisotopic (exact) mass is 399 g/mol. The van der Waals surface area contributed by atoms with Gasteiger partial charge in [0.2, 0.25) is 0 Å². The lowest BCUT2D eigenvalue weighted by Gasteiger charge is -2.30. The molecule has 3 aromatic heterocycles. The molecular formula is C23H25N7. The Kier molecular flexibility index (Phi) is 4.59. The fourth-order valence-corrected chi connectivity index (χ4v) is 4.23. The van der Waals surface area contributed by atoms with Crippen LogP contribution in [0.1, 0.15) is 29.1 Å². The van der Waals surface area contributed by atoms with Gasteiger partial charge >= 0.3 is 0 Å². The second kappa shape index (κ2) is 7.42. The van der Waals surface area contributed by atoms with E-state index in [0.717, 1.165) is 34.7 Å². The van der Waals surface area contributed by atoms with E-state index in [1.807, 2.05) is 17.4 Å². The van der Waals surface area contributed by atoms with Crippen molar-refractivity contribution in [2.75, 3.05) is 13.1 Å². The fourth-order valence-electron chi connectivity index (χ4n) is 4.23. The van der Waals surface area contributed by atoms with Crippen molar-refractivity contribution in [1.29, 1.82) is 5.41 Å². The quantitative estimate of drug-likeness (QED) is 0.488.